The predicted molar refractivity (Wildman–Crippen MR) is 79.3 cm³/mol. The number of aryl methyl sites for hydroxylation is 1. The van der Waals surface area contributed by atoms with Gasteiger partial charge >= 0.3 is 6.09 Å². The first kappa shape index (κ1) is 16.0. The van der Waals surface area contributed by atoms with E-state index in [1.54, 1.807) is 27.9 Å². The smallest absolute Gasteiger partial charge is 0.435 e. The van der Waals surface area contributed by atoms with Gasteiger partial charge in [0.25, 0.3) is 0 Å². The molecule has 0 spiro atoms. The van der Waals surface area contributed by atoms with E-state index in [1.165, 1.54) is 0 Å². The number of nitrogens with two attached hydrogens (primary N) is 1. The van der Waals surface area contributed by atoms with Crippen molar-refractivity contribution in [1.29, 1.82) is 0 Å². The molecule has 0 aliphatic heterocycles. The molecule has 0 fully saturated rings. The molecule has 110 valence electrons. The Morgan fingerprint density at radius 1 is 1.35 bits per heavy atom. The van der Waals surface area contributed by atoms with E-state index >= 15 is 0 Å². The maximum Gasteiger partial charge on any atom is 0.435 e. The zero-order valence-electron chi connectivity index (χ0n) is 12.7. The van der Waals surface area contributed by atoms with Crippen LogP contribution in [0.3, 0.4) is 0 Å². The molecule has 0 aromatic heterocycles. The SMILES string of the molecule is COc1ccc(C/C(N)=N/C(=O)OC(C)(C)C)cc1C. The van der Waals surface area contributed by atoms with E-state index in [-0.39, 0.29) is 5.84 Å². The van der Waals surface area contributed by atoms with Gasteiger partial charge < -0.3 is 15.2 Å². The van der Waals surface area contributed by atoms with Crippen LogP contribution in [-0.2, 0) is 11.2 Å². The summed E-state index contributed by atoms with van der Waals surface area (Å²) in [7, 11) is 1.63. The first-order chi connectivity index (χ1) is 9.21. The van der Waals surface area contributed by atoms with Crippen LogP contribution in [0.4, 0.5) is 4.79 Å². The zero-order valence-corrected chi connectivity index (χ0v) is 12.7. The summed E-state index contributed by atoms with van der Waals surface area (Å²) < 4.78 is 10.3. The van der Waals surface area contributed by atoms with Crippen molar-refractivity contribution in [3.8, 4) is 5.75 Å². The number of benzene rings is 1. The van der Waals surface area contributed by atoms with Gasteiger partial charge in [-0.2, -0.15) is 4.99 Å². The number of ether oxygens (including phenoxy) is 2. The number of amides is 1. The lowest BCUT2D eigenvalue weighted by Crippen LogP contribution is -2.24. The standard InChI is InChI=1S/C15H22N2O3/c1-10-8-11(6-7-12(10)19-5)9-13(16)17-14(18)20-15(2,3)4/h6-8H,9H2,1-5H3,(H2,16,17,18). The molecule has 0 aliphatic carbocycles. The maximum absolute atomic E-state index is 11.5. The first-order valence-electron chi connectivity index (χ1n) is 6.41. The summed E-state index contributed by atoms with van der Waals surface area (Å²) in [6.07, 6.45) is -0.274. The molecule has 0 aliphatic rings. The second-order valence-corrected chi connectivity index (χ2v) is 5.56. The second-order valence-electron chi connectivity index (χ2n) is 5.56. The van der Waals surface area contributed by atoms with Gasteiger partial charge in [-0.15, -0.1) is 0 Å². The normalized spacial score (nSPS) is 12.2. The van der Waals surface area contributed by atoms with E-state index in [0.29, 0.717) is 6.42 Å². The molecule has 2 N–H and O–H groups in total. The van der Waals surface area contributed by atoms with Crippen molar-refractivity contribution >= 4 is 11.9 Å². The van der Waals surface area contributed by atoms with Crippen molar-refractivity contribution in [1.82, 2.24) is 0 Å². The van der Waals surface area contributed by atoms with Crippen molar-refractivity contribution in [2.24, 2.45) is 10.7 Å². The largest absolute Gasteiger partial charge is 0.496 e. The lowest BCUT2D eigenvalue weighted by atomic mass is 10.1. The highest BCUT2D eigenvalue weighted by molar-refractivity contribution is 5.92. The fourth-order valence-electron chi connectivity index (χ4n) is 1.70. The molecule has 0 heterocycles. The Kier molecular flexibility index (Phi) is 5.13. The molecular formula is C15H22N2O3. The van der Waals surface area contributed by atoms with Gasteiger partial charge in [0.2, 0.25) is 0 Å². The van der Waals surface area contributed by atoms with Crippen LogP contribution in [0.1, 0.15) is 31.9 Å². The lowest BCUT2D eigenvalue weighted by Gasteiger charge is -2.17. The highest BCUT2D eigenvalue weighted by atomic mass is 16.6. The second kappa shape index (κ2) is 6.41. The molecule has 5 nitrogen and oxygen atoms in total. The predicted octanol–water partition coefficient (Wildman–Crippen LogP) is 2.84. The molecule has 1 amide bonds. The van der Waals surface area contributed by atoms with Crippen molar-refractivity contribution in [2.75, 3.05) is 7.11 Å². The van der Waals surface area contributed by atoms with Crippen LogP contribution in [0, 0.1) is 6.92 Å². The van der Waals surface area contributed by atoms with Crippen molar-refractivity contribution in [2.45, 2.75) is 39.7 Å². The van der Waals surface area contributed by atoms with Crippen LogP contribution in [0.2, 0.25) is 0 Å². The van der Waals surface area contributed by atoms with Gasteiger partial charge in [-0.1, -0.05) is 12.1 Å². The Hall–Kier alpha value is -2.04. The minimum atomic E-state index is -0.666. The Balaban J connectivity index is 2.73. The fraction of sp³-hybridized carbons (Fsp3) is 0.467. The average molecular weight is 278 g/mol. The molecule has 0 radical (unpaired) electrons. The summed E-state index contributed by atoms with van der Waals surface area (Å²) in [5.41, 5.74) is 7.17. The van der Waals surface area contributed by atoms with Crippen LogP contribution >= 0.6 is 0 Å². The summed E-state index contributed by atoms with van der Waals surface area (Å²) in [6, 6.07) is 5.71. The monoisotopic (exact) mass is 278 g/mol. The molecule has 0 unspecified atom stereocenters. The number of amidine groups is 1. The quantitative estimate of drug-likeness (QED) is 0.681. The number of hydrogen-bond acceptors (Lipinski definition) is 3. The Morgan fingerprint density at radius 2 is 2.00 bits per heavy atom. The minimum Gasteiger partial charge on any atom is -0.496 e. The van der Waals surface area contributed by atoms with Crippen molar-refractivity contribution in [3.05, 3.63) is 29.3 Å². The van der Waals surface area contributed by atoms with Gasteiger partial charge in [0.1, 0.15) is 17.2 Å². The van der Waals surface area contributed by atoms with Gasteiger partial charge in [0.15, 0.2) is 0 Å². The van der Waals surface area contributed by atoms with E-state index in [0.717, 1.165) is 16.9 Å². The van der Waals surface area contributed by atoms with Gasteiger partial charge in [-0.3, -0.25) is 0 Å². The molecule has 1 aromatic rings. The van der Waals surface area contributed by atoms with Crippen LogP contribution in [0.25, 0.3) is 0 Å². The summed E-state index contributed by atoms with van der Waals surface area (Å²) in [4.78, 5) is 15.2. The Morgan fingerprint density at radius 3 is 2.50 bits per heavy atom. The van der Waals surface area contributed by atoms with E-state index in [1.807, 2.05) is 25.1 Å². The highest BCUT2D eigenvalue weighted by Gasteiger charge is 2.15. The summed E-state index contributed by atoms with van der Waals surface area (Å²) >= 11 is 0. The number of rotatable bonds is 3. The number of aliphatic imine (C=N–C) groups is 1. The van der Waals surface area contributed by atoms with Gasteiger partial charge in [0.05, 0.1) is 7.11 Å². The van der Waals surface area contributed by atoms with E-state index in [2.05, 4.69) is 4.99 Å². The lowest BCUT2D eigenvalue weighted by molar-refractivity contribution is 0.0604. The highest BCUT2D eigenvalue weighted by Crippen LogP contribution is 2.18. The van der Waals surface area contributed by atoms with Crippen LogP contribution in [0.15, 0.2) is 23.2 Å². The Labute approximate surface area is 119 Å². The average Bonchev–Trinajstić information content (AvgIpc) is 2.25. The van der Waals surface area contributed by atoms with Crippen molar-refractivity contribution < 1.29 is 14.3 Å². The number of nitrogens with zero attached hydrogens (tertiary/aromatic N) is 1. The van der Waals surface area contributed by atoms with Crippen LogP contribution in [0.5, 0.6) is 5.75 Å². The molecule has 0 saturated carbocycles. The molecule has 0 bridgehead atoms. The number of carbonyl (C=O) groups excluding carboxylic acids is 1. The van der Waals surface area contributed by atoms with Gasteiger partial charge in [-0.25, -0.2) is 4.79 Å². The van der Waals surface area contributed by atoms with E-state index < -0.39 is 11.7 Å². The number of hydrogen-bond donors (Lipinski definition) is 1. The van der Waals surface area contributed by atoms with Crippen LogP contribution in [-0.4, -0.2) is 24.6 Å². The van der Waals surface area contributed by atoms with E-state index in [4.69, 9.17) is 15.2 Å². The third kappa shape index (κ3) is 5.30. The molecule has 20 heavy (non-hydrogen) atoms. The number of methoxy groups -OCH3 is 1. The summed E-state index contributed by atoms with van der Waals surface area (Å²) in [5, 5.41) is 0. The molecule has 0 saturated heterocycles. The molecule has 1 aromatic carbocycles. The Bertz CT molecular complexity index is 516. The zero-order chi connectivity index (χ0) is 15.3. The molecular weight excluding hydrogens is 256 g/mol. The minimum absolute atomic E-state index is 0.226. The molecule has 1 rings (SSSR count). The maximum atomic E-state index is 11.5. The molecule has 5 heteroatoms. The van der Waals surface area contributed by atoms with Crippen LogP contribution < -0.4 is 10.5 Å². The third-order valence-electron chi connectivity index (χ3n) is 2.47. The summed E-state index contributed by atoms with van der Waals surface area (Å²) in [5.74, 6) is 1.04. The number of carbonyl (C=O) groups is 1. The fourth-order valence-corrected chi connectivity index (χ4v) is 1.70. The van der Waals surface area contributed by atoms with Gasteiger partial charge in [0, 0.05) is 6.42 Å². The van der Waals surface area contributed by atoms with Gasteiger partial charge in [-0.05, 0) is 44.9 Å². The topological polar surface area (TPSA) is 73.9 Å². The first-order valence-corrected chi connectivity index (χ1v) is 6.41. The van der Waals surface area contributed by atoms with E-state index in [9.17, 15) is 4.79 Å². The summed E-state index contributed by atoms with van der Waals surface area (Å²) in [6.45, 7) is 7.29. The third-order valence-corrected chi connectivity index (χ3v) is 2.47. The molecule has 0 atom stereocenters. The van der Waals surface area contributed by atoms with Crippen molar-refractivity contribution in [3.63, 3.8) is 0 Å².